The molecule has 4 N–H and O–H groups in total. The van der Waals surface area contributed by atoms with Crippen LogP contribution in [0.5, 0.6) is 0 Å². The predicted octanol–water partition coefficient (Wildman–Crippen LogP) is 2.89. The first-order valence-corrected chi connectivity index (χ1v) is 10.7. The van der Waals surface area contributed by atoms with Crippen LogP contribution in [0.4, 0.5) is 4.79 Å². The van der Waals surface area contributed by atoms with Crippen LogP contribution in [0.1, 0.15) is 59.4 Å². The summed E-state index contributed by atoms with van der Waals surface area (Å²) < 4.78 is 10.6. The number of hydrogen-bond donors (Lipinski definition) is 3. The Kier molecular flexibility index (Phi) is 11.0. The molecule has 1 rings (SSSR count). The number of nitrogens with two attached hydrogens (primary N) is 1. The number of hydrogen-bond acceptors (Lipinski definition) is 6. The molecular formula is C23H37N3O5. The van der Waals surface area contributed by atoms with E-state index in [-0.39, 0.29) is 18.4 Å². The Morgan fingerprint density at radius 3 is 2.29 bits per heavy atom. The first-order chi connectivity index (χ1) is 14.5. The van der Waals surface area contributed by atoms with E-state index in [1.807, 2.05) is 44.2 Å². The summed E-state index contributed by atoms with van der Waals surface area (Å²) >= 11 is 0. The van der Waals surface area contributed by atoms with Gasteiger partial charge in [-0.05, 0) is 51.5 Å². The van der Waals surface area contributed by atoms with Gasteiger partial charge in [0.2, 0.25) is 5.91 Å². The van der Waals surface area contributed by atoms with Crippen LogP contribution >= 0.6 is 0 Å². The second-order valence-corrected chi connectivity index (χ2v) is 8.85. The molecule has 0 heterocycles. The van der Waals surface area contributed by atoms with Crippen LogP contribution in [0, 0.1) is 5.92 Å². The van der Waals surface area contributed by atoms with Gasteiger partial charge in [0.05, 0.1) is 6.04 Å². The van der Waals surface area contributed by atoms with Crippen molar-refractivity contribution in [1.82, 2.24) is 10.6 Å². The van der Waals surface area contributed by atoms with Gasteiger partial charge in [-0.2, -0.15) is 0 Å². The van der Waals surface area contributed by atoms with E-state index in [9.17, 15) is 14.4 Å². The van der Waals surface area contributed by atoms with Crippen LogP contribution in [0.25, 0.3) is 0 Å². The van der Waals surface area contributed by atoms with E-state index in [2.05, 4.69) is 10.6 Å². The molecule has 0 aliphatic carbocycles. The smallest absolute Gasteiger partial charge is 0.407 e. The third kappa shape index (κ3) is 11.4. The van der Waals surface area contributed by atoms with Crippen molar-refractivity contribution in [3.05, 3.63) is 35.9 Å². The third-order valence-corrected chi connectivity index (χ3v) is 4.43. The zero-order chi connectivity index (χ0) is 23.4. The standard InChI is InChI=1S/C23H37N3O5/c1-16(2)19(24)20(27)26-18(21(28)30-15-17-11-7-6-8-12-17)13-9-10-14-25-22(29)31-23(3,4)5/h6-8,11-12,16,18-19H,9-10,13-15,24H2,1-5H3,(H,25,29)(H,26,27)/t18-,19-/m0/s1. The molecule has 1 aromatic carbocycles. The quantitative estimate of drug-likeness (QED) is 0.363. The van der Waals surface area contributed by atoms with E-state index in [1.165, 1.54) is 0 Å². The highest BCUT2D eigenvalue weighted by Gasteiger charge is 2.26. The molecular weight excluding hydrogens is 398 g/mol. The number of rotatable bonds is 11. The van der Waals surface area contributed by atoms with Crippen LogP contribution in [0.15, 0.2) is 30.3 Å². The number of ether oxygens (including phenoxy) is 2. The van der Waals surface area contributed by atoms with Gasteiger partial charge in [0.1, 0.15) is 18.2 Å². The molecule has 174 valence electrons. The maximum atomic E-state index is 12.6. The summed E-state index contributed by atoms with van der Waals surface area (Å²) in [7, 11) is 0. The van der Waals surface area contributed by atoms with Gasteiger partial charge in [-0.1, -0.05) is 44.2 Å². The number of amides is 2. The molecule has 0 saturated carbocycles. The monoisotopic (exact) mass is 435 g/mol. The zero-order valence-corrected chi connectivity index (χ0v) is 19.3. The molecule has 0 aliphatic rings. The highest BCUT2D eigenvalue weighted by Crippen LogP contribution is 2.09. The molecule has 0 saturated heterocycles. The topological polar surface area (TPSA) is 120 Å². The van der Waals surface area contributed by atoms with E-state index in [0.717, 1.165) is 5.56 Å². The van der Waals surface area contributed by atoms with Crippen molar-refractivity contribution < 1.29 is 23.9 Å². The van der Waals surface area contributed by atoms with Crippen LogP contribution in [0.3, 0.4) is 0 Å². The van der Waals surface area contributed by atoms with Gasteiger partial charge in [-0.15, -0.1) is 0 Å². The summed E-state index contributed by atoms with van der Waals surface area (Å²) in [5.41, 5.74) is 6.21. The summed E-state index contributed by atoms with van der Waals surface area (Å²) in [6, 6.07) is 7.81. The lowest BCUT2D eigenvalue weighted by molar-refractivity contribution is -0.149. The molecule has 0 aromatic heterocycles. The molecule has 2 atom stereocenters. The number of carbonyl (C=O) groups is 3. The fourth-order valence-electron chi connectivity index (χ4n) is 2.63. The molecule has 0 spiro atoms. The van der Waals surface area contributed by atoms with Gasteiger partial charge in [0.25, 0.3) is 0 Å². The molecule has 0 fully saturated rings. The fourth-order valence-corrected chi connectivity index (χ4v) is 2.63. The molecule has 31 heavy (non-hydrogen) atoms. The van der Waals surface area contributed by atoms with Crippen molar-refractivity contribution in [3.63, 3.8) is 0 Å². The van der Waals surface area contributed by atoms with Crippen molar-refractivity contribution >= 4 is 18.0 Å². The van der Waals surface area contributed by atoms with Gasteiger partial charge < -0.3 is 25.8 Å². The third-order valence-electron chi connectivity index (χ3n) is 4.43. The number of carbonyl (C=O) groups excluding carboxylic acids is 3. The Balaban J connectivity index is 2.56. The minimum Gasteiger partial charge on any atom is -0.459 e. The lowest BCUT2D eigenvalue weighted by Gasteiger charge is -2.22. The largest absolute Gasteiger partial charge is 0.459 e. The van der Waals surface area contributed by atoms with Gasteiger partial charge in [-0.25, -0.2) is 9.59 Å². The normalized spacial score (nSPS) is 13.3. The second-order valence-electron chi connectivity index (χ2n) is 8.85. The number of benzene rings is 1. The molecule has 0 unspecified atom stereocenters. The lowest BCUT2D eigenvalue weighted by atomic mass is 10.0. The summed E-state index contributed by atoms with van der Waals surface area (Å²) in [4.78, 5) is 36.7. The van der Waals surface area contributed by atoms with E-state index in [4.69, 9.17) is 15.2 Å². The Labute approximate surface area is 185 Å². The van der Waals surface area contributed by atoms with E-state index < -0.39 is 29.7 Å². The molecule has 0 aliphatic heterocycles. The minimum atomic E-state index is -0.803. The average Bonchev–Trinajstić information content (AvgIpc) is 2.69. The maximum Gasteiger partial charge on any atom is 0.407 e. The molecule has 1 aromatic rings. The summed E-state index contributed by atoms with van der Waals surface area (Å²) in [6.45, 7) is 9.60. The van der Waals surface area contributed by atoms with E-state index >= 15 is 0 Å². The number of esters is 1. The van der Waals surface area contributed by atoms with E-state index in [0.29, 0.717) is 25.8 Å². The van der Waals surface area contributed by atoms with Crippen molar-refractivity contribution in [2.24, 2.45) is 11.7 Å². The van der Waals surface area contributed by atoms with Crippen LogP contribution < -0.4 is 16.4 Å². The number of nitrogens with one attached hydrogen (secondary N) is 2. The zero-order valence-electron chi connectivity index (χ0n) is 19.3. The second kappa shape index (κ2) is 12.9. The fraction of sp³-hybridized carbons (Fsp3) is 0.609. The van der Waals surface area contributed by atoms with Gasteiger partial charge in [0.15, 0.2) is 0 Å². The van der Waals surface area contributed by atoms with Gasteiger partial charge in [0, 0.05) is 6.54 Å². The van der Waals surface area contributed by atoms with Crippen LogP contribution in [-0.4, -0.2) is 42.2 Å². The molecule has 0 bridgehead atoms. The summed E-state index contributed by atoms with van der Waals surface area (Å²) in [6.07, 6.45) is 1.11. The lowest BCUT2D eigenvalue weighted by Crippen LogP contribution is -2.50. The molecule has 0 radical (unpaired) electrons. The van der Waals surface area contributed by atoms with Gasteiger partial charge >= 0.3 is 12.1 Å². The average molecular weight is 436 g/mol. The van der Waals surface area contributed by atoms with Crippen molar-refractivity contribution in [2.45, 2.75) is 78.2 Å². The highest BCUT2D eigenvalue weighted by atomic mass is 16.6. The van der Waals surface area contributed by atoms with Gasteiger partial charge in [-0.3, -0.25) is 4.79 Å². The molecule has 8 heteroatoms. The highest BCUT2D eigenvalue weighted by molar-refractivity contribution is 5.87. The van der Waals surface area contributed by atoms with Crippen molar-refractivity contribution in [3.8, 4) is 0 Å². The Morgan fingerprint density at radius 1 is 1.06 bits per heavy atom. The predicted molar refractivity (Wildman–Crippen MR) is 119 cm³/mol. The number of unbranched alkanes of at least 4 members (excludes halogenated alkanes) is 1. The summed E-state index contributed by atoms with van der Waals surface area (Å²) in [5, 5.41) is 5.39. The van der Waals surface area contributed by atoms with Crippen molar-refractivity contribution in [1.29, 1.82) is 0 Å². The Morgan fingerprint density at radius 2 is 1.71 bits per heavy atom. The first-order valence-electron chi connectivity index (χ1n) is 10.7. The summed E-state index contributed by atoms with van der Waals surface area (Å²) in [5.74, 6) is -0.948. The molecule has 2 amide bonds. The Bertz CT molecular complexity index is 701. The van der Waals surface area contributed by atoms with Crippen LogP contribution in [-0.2, 0) is 25.7 Å². The number of alkyl carbamates (subject to hydrolysis) is 1. The first kappa shape index (κ1) is 26.4. The SMILES string of the molecule is CC(C)[C@H](N)C(=O)N[C@@H](CCCCNC(=O)OC(C)(C)C)C(=O)OCc1ccccc1. The van der Waals surface area contributed by atoms with Crippen LogP contribution in [0.2, 0.25) is 0 Å². The maximum absolute atomic E-state index is 12.6. The van der Waals surface area contributed by atoms with E-state index in [1.54, 1.807) is 20.8 Å². The minimum absolute atomic E-state index is 0.0565. The Hall–Kier alpha value is -2.61. The van der Waals surface area contributed by atoms with Crippen molar-refractivity contribution in [2.75, 3.05) is 6.54 Å². The molecule has 8 nitrogen and oxygen atoms in total.